The molecule has 1 aliphatic rings. The standard InChI is InChI=1S/C21H13BrN3/c22-18-13-11-17(12-14-18)21-24-19(15-7-3-1-4-8-15)23-20(25-21)16-9-5-2-6-10-16/h1-5,7-14H/q+1. The number of rotatable bonds is 3. The number of halogens is 1. The molecule has 0 radical (unpaired) electrons. The second kappa shape index (κ2) is 6.89. The van der Waals surface area contributed by atoms with Gasteiger partial charge in [-0.2, -0.15) is 9.97 Å². The number of hydrogen-bond acceptors (Lipinski definition) is 3. The van der Waals surface area contributed by atoms with Crippen molar-refractivity contribution in [1.29, 1.82) is 0 Å². The van der Waals surface area contributed by atoms with Crippen LogP contribution in [0.4, 0.5) is 0 Å². The molecule has 0 amide bonds. The highest BCUT2D eigenvalue weighted by Crippen LogP contribution is 2.24. The van der Waals surface area contributed by atoms with Crippen LogP contribution in [0.1, 0.15) is 5.82 Å². The summed E-state index contributed by atoms with van der Waals surface area (Å²) < 4.78 is 1.02. The van der Waals surface area contributed by atoms with Crippen molar-refractivity contribution in [2.45, 2.75) is 0 Å². The summed E-state index contributed by atoms with van der Waals surface area (Å²) in [4.78, 5) is 14.0. The van der Waals surface area contributed by atoms with E-state index >= 15 is 0 Å². The maximum Gasteiger partial charge on any atom is 0.223 e. The predicted molar refractivity (Wildman–Crippen MR) is 103 cm³/mol. The van der Waals surface area contributed by atoms with Crippen LogP contribution in [-0.4, -0.2) is 15.0 Å². The van der Waals surface area contributed by atoms with Crippen LogP contribution in [0.3, 0.4) is 0 Å². The molecule has 0 saturated heterocycles. The van der Waals surface area contributed by atoms with Gasteiger partial charge in [-0.3, -0.25) is 0 Å². The quantitative estimate of drug-likeness (QED) is 0.574. The van der Waals surface area contributed by atoms with Crippen LogP contribution in [0.25, 0.3) is 28.3 Å². The average molecular weight is 387 g/mol. The highest BCUT2D eigenvalue weighted by Gasteiger charge is 2.16. The van der Waals surface area contributed by atoms with Gasteiger partial charge < -0.3 is 0 Å². The van der Waals surface area contributed by atoms with Gasteiger partial charge in [0.2, 0.25) is 5.82 Å². The van der Waals surface area contributed by atoms with Crippen molar-refractivity contribution in [2.24, 2.45) is 0 Å². The molecule has 0 bridgehead atoms. The van der Waals surface area contributed by atoms with E-state index in [9.17, 15) is 0 Å². The van der Waals surface area contributed by atoms with Crippen LogP contribution in [0.5, 0.6) is 0 Å². The largest absolute Gasteiger partial charge is 0.223 e. The average Bonchev–Trinajstić information content (AvgIpc) is 2.69. The minimum Gasteiger partial charge on any atom is -0.208 e. The molecule has 2 aromatic carbocycles. The Morgan fingerprint density at radius 1 is 0.720 bits per heavy atom. The molecule has 3 nitrogen and oxygen atoms in total. The maximum absolute atomic E-state index is 4.68. The molecular weight excluding hydrogens is 374 g/mol. The summed E-state index contributed by atoms with van der Waals surface area (Å²) in [5.41, 5.74) is 2.83. The number of hydrogen-bond donors (Lipinski definition) is 0. The van der Waals surface area contributed by atoms with Gasteiger partial charge in [0.15, 0.2) is 11.6 Å². The van der Waals surface area contributed by atoms with Crippen molar-refractivity contribution in [1.82, 2.24) is 15.0 Å². The van der Waals surface area contributed by atoms with Crippen molar-refractivity contribution in [2.75, 3.05) is 0 Å². The number of nitrogens with zero attached hydrogens (tertiary/aromatic N) is 3. The maximum atomic E-state index is 4.68. The zero-order valence-corrected chi connectivity index (χ0v) is 14.8. The Balaban J connectivity index is 1.89. The van der Waals surface area contributed by atoms with E-state index in [0.29, 0.717) is 17.5 Å². The molecule has 1 aliphatic carbocycles. The van der Waals surface area contributed by atoms with Crippen molar-refractivity contribution in [3.05, 3.63) is 95.3 Å². The first-order valence-corrected chi connectivity index (χ1v) is 8.63. The normalized spacial score (nSPS) is 12.6. The van der Waals surface area contributed by atoms with Crippen LogP contribution in [0.2, 0.25) is 0 Å². The Labute approximate surface area is 154 Å². The first-order valence-electron chi connectivity index (χ1n) is 7.83. The fourth-order valence-corrected chi connectivity index (χ4v) is 2.75. The fourth-order valence-electron chi connectivity index (χ4n) is 2.48. The highest BCUT2D eigenvalue weighted by molar-refractivity contribution is 9.10. The monoisotopic (exact) mass is 386 g/mol. The van der Waals surface area contributed by atoms with Crippen molar-refractivity contribution in [3.63, 3.8) is 0 Å². The molecule has 3 aromatic rings. The van der Waals surface area contributed by atoms with E-state index in [0.717, 1.165) is 21.2 Å². The lowest BCUT2D eigenvalue weighted by atomic mass is 10.1. The van der Waals surface area contributed by atoms with Crippen LogP contribution >= 0.6 is 15.9 Å². The zero-order chi connectivity index (χ0) is 17.1. The number of aromatic nitrogens is 3. The van der Waals surface area contributed by atoms with Crippen molar-refractivity contribution < 1.29 is 0 Å². The summed E-state index contributed by atoms with van der Waals surface area (Å²) >= 11 is 3.46. The van der Waals surface area contributed by atoms with E-state index in [1.165, 1.54) is 0 Å². The third kappa shape index (κ3) is 3.45. The Bertz CT molecular complexity index is 987. The third-order valence-corrected chi connectivity index (χ3v) is 4.26. The Morgan fingerprint density at radius 3 is 2.00 bits per heavy atom. The van der Waals surface area contributed by atoms with Crippen molar-refractivity contribution >= 4 is 21.5 Å². The SMILES string of the molecule is Brc1ccc(-c2nc(C3=CC=C[C+]=C3)nc(-c3ccccc3)n2)cc1. The van der Waals surface area contributed by atoms with E-state index < -0.39 is 0 Å². The topological polar surface area (TPSA) is 38.7 Å². The molecule has 118 valence electrons. The molecule has 1 heterocycles. The summed E-state index contributed by atoms with van der Waals surface area (Å²) in [5, 5.41) is 0. The molecule has 0 N–H and O–H groups in total. The smallest absolute Gasteiger partial charge is 0.208 e. The van der Waals surface area contributed by atoms with Gasteiger partial charge in [-0.1, -0.05) is 58.4 Å². The molecule has 0 spiro atoms. The predicted octanol–water partition coefficient (Wildman–Crippen LogP) is 5.28. The molecule has 0 atom stereocenters. The van der Waals surface area contributed by atoms with E-state index in [1.54, 1.807) is 0 Å². The summed E-state index contributed by atoms with van der Waals surface area (Å²) in [6, 6.07) is 17.9. The van der Waals surface area contributed by atoms with Crippen LogP contribution in [0, 0.1) is 6.08 Å². The first kappa shape index (κ1) is 15.6. The molecular formula is C21H13BrN3+. The van der Waals surface area contributed by atoms with Crippen LogP contribution in [0.15, 0.2) is 83.4 Å². The van der Waals surface area contributed by atoms with Gasteiger partial charge in [-0.05, 0) is 12.1 Å². The summed E-state index contributed by atoms with van der Waals surface area (Å²) in [7, 11) is 0. The second-order valence-corrected chi connectivity index (χ2v) is 6.39. The van der Waals surface area contributed by atoms with Crippen LogP contribution < -0.4 is 0 Å². The van der Waals surface area contributed by atoms with E-state index in [4.69, 9.17) is 0 Å². The molecule has 4 heteroatoms. The Morgan fingerprint density at radius 2 is 1.36 bits per heavy atom. The molecule has 0 aliphatic heterocycles. The minimum atomic E-state index is 0.642. The van der Waals surface area contributed by atoms with Gasteiger partial charge in [0.05, 0.1) is 6.08 Å². The minimum absolute atomic E-state index is 0.642. The Kier molecular flexibility index (Phi) is 4.30. The van der Waals surface area contributed by atoms with E-state index in [1.807, 2.05) is 78.9 Å². The summed E-state index contributed by atoms with van der Waals surface area (Å²) in [5.74, 6) is 1.95. The lowest BCUT2D eigenvalue weighted by Crippen LogP contribution is -2.02. The van der Waals surface area contributed by atoms with Gasteiger partial charge in [0.1, 0.15) is 17.7 Å². The lowest BCUT2D eigenvalue weighted by Gasteiger charge is -2.06. The van der Waals surface area contributed by atoms with Gasteiger partial charge in [-0.25, -0.2) is 4.98 Å². The van der Waals surface area contributed by atoms with Crippen LogP contribution in [-0.2, 0) is 0 Å². The third-order valence-electron chi connectivity index (χ3n) is 3.74. The summed E-state index contributed by atoms with van der Waals surface area (Å²) in [6.07, 6.45) is 10.7. The molecule has 0 fully saturated rings. The first-order chi connectivity index (χ1) is 12.3. The number of benzene rings is 2. The van der Waals surface area contributed by atoms with Gasteiger partial charge in [0, 0.05) is 27.8 Å². The van der Waals surface area contributed by atoms with Gasteiger partial charge in [0.25, 0.3) is 0 Å². The zero-order valence-electron chi connectivity index (χ0n) is 13.2. The van der Waals surface area contributed by atoms with E-state index in [2.05, 4.69) is 37.0 Å². The second-order valence-electron chi connectivity index (χ2n) is 5.47. The van der Waals surface area contributed by atoms with Crippen molar-refractivity contribution in [3.8, 4) is 22.8 Å². The molecule has 25 heavy (non-hydrogen) atoms. The lowest BCUT2D eigenvalue weighted by molar-refractivity contribution is 1.04. The Hall–Kier alpha value is -2.94. The fraction of sp³-hybridized carbons (Fsp3) is 0. The number of allylic oxidation sites excluding steroid dienone is 6. The van der Waals surface area contributed by atoms with Gasteiger partial charge >= 0.3 is 0 Å². The summed E-state index contributed by atoms with van der Waals surface area (Å²) in [6.45, 7) is 0. The molecule has 4 rings (SSSR count). The van der Waals surface area contributed by atoms with E-state index in [-0.39, 0.29) is 0 Å². The molecule has 1 aromatic heterocycles. The molecule has 0 saturated carbocycles. The molecule has 0 unspecified atom stereocenters. The highest BCUT2D eigenvalue weighted by atomic mass is 79.9. The van der Waals surface area contributed by atoms with Gasteiger partial charge in [-0.15, -0.1) is 0 Å².